The van der Waals surface area contributed by atoms with E-state index in [1.807, 2.05) is 6.08 Å². The molecule has 0 nitrogen and oxygen atoms in total. The van der Waals surface area contributed by atoms with E-state index in [9.17, 15) is 0 Å². The van der Waals surface area contributed by atoms with E-state index in [1.165, 1.54) is 19.3 Å². The lowest BCUT2D eigenvalue weighted by molar-refractivity contribution is 0.802. The van der Waals surface area contributed by atoms with E-state index in [1.54, 1.807) is 5.57 Å². The van der Waals surface area contributed by atoms with Gasteiger partial charge in [0.15, 0.2) is 0 Å². The molecule has 0 aromatic rings. The quantitative estimate of drug-likeness (QED) is 0.401. The molecule has 0 saturated carbocycles. The van der Waals surface area contributed by atoms with E-state index < -0.39 is 0 Å². The van der Waals surface area contributed by atoms with Crippen molar-refractivity contribution in [2.45, 2.75) is 39.5 Å². The summed E-state index contributed by atoms with van der Waals surface area (Å²) in [5.74, 6) is 0. The molecular formula is C10H18. The van der Waals surface area contributed by atoms with Crippen LogP contribution < -0.4 is 0 Å². The van der Waals surface area contributed by atoms with Crippen molar-refractivity contribution in [3.63, 3.8) is 0 Å². The second kappa shape index (κ2) is 6.60. The Hall–Kier alpha value is -0.520. The zero-order valence-corrected chi connectivity index (χ0v) is 7.19. The van der Waals surface area contributed by atoms with E-state index >= 15 is 0 Å². The summed E-state index contributed by atoms with van der Waals surface area (Å²) in [5, 5.41) is 0. The summed E-state index contributed by atoms with van der Waals surface area (Å²) in [4.78, 5) is 0. The highest BCUT2D eigenvalue weighted by molar-refractivity contribution is 4.98. The van der Waals surface area contributed by atoms with Gasteiger partial charge in [0.05, 0.1) is 0 Å². The topological polar surface area (TPSA) is 0 Å². The maximum absolute atomic E-state index is 3.69. The van der Waals surface area contributed by atoms with Crippen molar-refractivity contribution in [2.24, 2.45) is 0 Å². The standard InChI is InChI=1S/C10H18/c1-4-7-8-9-10(5-2)6-3/h4-5H,1,6-9H2,2-3H3/b10-5+. The van der Waals surface area contributed by atoms with E-state index in [-0.39, 0.29) is 0 Å². The van der Waals surface area contributed by atoms with Gasteiger partial charge < -0.3 is 0 Å². The number of rotatable bonds is 5. The zero-order valence-electron chi connectivity index (χ0n) is 7.19. The Morgan fingerprint density at radius 3 is 2.60 bits per heavy atom. The Morgan fingerprint density at radius 2 is 2.20 bits per heavy atom. The summed E-state index contributed by atoms with van der Waals surface area (Å²) in [7, 11) is 0. The predicted octanol–water partition coefficient (Wildman–Crippen LogP) is 3.70. The fraction of sp³-hybridized carbons (Fsp3) is 0.600. The molecule has 0 rings (SSSR count). The molecule has 0 aliphatic rings. The minimum atomic E-state index is 1.15. The molecule has 0 aliphatic carbocycles. The van der Waals surface area contributed by atoms with Gasteiger partial charge in [-0.15, -0.1) is 6.58 Å². The number of unbranched alkanes of at least 4 members (excludes halogenated alkanes) is 1. The molecule has 0 heterocycles. The SMILES string of the molecule is C=CCCC/C(=C/C)CC. The Morgan fingerprint density at radius 1 is 1.50 bits per heavy atom. The molecule has 0 atom stereocenters. The first-order chi connectivity index (χ1) is 4.85. The molecule has 0 spiro atoms. The van der Waals surface area contributed by atoms with Crippen LogP contribution in [0.1, 0.15) is 39.5 Å². The Bertz CT molecular complexity index is 109. The summed E-state index contributed by atoms with van der Waals surface area (Å²) in [6, 6.07) is 0. The highest BCUT2D eigenvalue weighted by atomic mass is 14.0. The average molecular weight is 138 g/mol. The molecule has 0 aliphatic heterocycles. The maximum atomic E-state index is 3.69. The second-order valence-corrected chi connectivity index (χ2v) is 2.48. The minimum Gasteiger partial charge on any atom is -0.103 e. The van der Waals surface area contributed by atoms with Gasteiger partial charge in [-0.25, -0.2) is 0 Å². The van der Waals surface area contributed by atoms with E-state index in [0.29, 0.717) is 0 Å². The monoisotopic (exact) mass is 138 g/mol. The third-order valence-electron chi connectivity index (χ3n) is 1.77. The molecule has 0 amide bonds. The summed E-state index contributed by atoms with van der Waals surface area (Å²) in [5.41, 5.74) is 1.57. The van der Waals surface area contributed by atoms with Crippen molar-refractivity contribution in [1.29, 1.82) is 0 Å². The fourth-order valence-corrected chi connectivity index (χ4v) is 0.999. The average Bonchev–Trinajstić information content (AvgIpc) is 1.99. The lowest BCUT2D eigenvalue weighted by Crippen LogP contribution is -1.80. The molecule has 0 radical (unpaired) electrons. The minimum absolute atomic E-state index is 1.15. The van der Waals surface area contributed by atoms with Gasteiger partial charge in [-0.3, -0.25) is 0 Å². The molecule has 0 saturated heterocycles. The molecule has 0 bridgehead atoms. The van der Waals surface area contributed by atoms with Crippen LogP contribution in [0.5, 0.6) is 0 Å². The largest absolute Gasteiger partial charge is 0.103 e. The molecule has 58 valence electrons. The van der Waals surface area contributed by atoms with Crippen molar-refractivity contribution < 1.29 is 0 Å². The Balaban J connectivity index is 3.36. The van der Waals surface area contributed by atoms with Gasteiger partial charge in [0, 0.05) is 0 Å². The predicted molar refractivity (Wildman–Crippen MR) is 48.1 cm³/mol. The van der Waals surface area contributed by atoms with E-state index in [2.05, 4.69) is 26.5 Å². The smallest absolute Gasteiger partial charge is 0.0318 e. The van der Waals surface area contributed by atoms with Crippen molar-refractivity contribution >= 4 is 0 Å². The molecule has 0 unspecified atom stereocenters. The summed E-state index contributed by atoms with van der Waals surface area (Å²) >= 11 is 0. The van der Waals surface area contributed by atoms with Crippen molar-refractivity contribution in [2.75, 3.05) is 0 Å². The summed E-state index contributed by atoms with van der Waals surface area (Å²) in [6.07, 6.45) is 9.08. The van der Waals surface area contributed by atoms with Gasteiger partial charge in [0.25, 0.3) is 0 Å². The molecule has 0 fully saturated rings. The van der Waals surface area contributed by atoms with Crippen LogP contribution in [0, 0.1) is 0 Å². The van der Waals surface area contributed by atoms with Gasteiger partial charge >= 0.3 is 0 Å². The van der Waals surface area contributed by atoms with Gasteiger partial charge in [-0.2, -0.15) is 0 Å². The maximum Gasteiger partial charge on any atom is -0.0318 e. The van der Waals surface area contributed by atoms with Crippen molar-refractivity contribution in [3.05, 3.63) is 24.3 Å². The lowest BCUT2D eigenvalue weighted by Gasteiger charge is -2.00. The molecular weight excluding hydrogens is 120 g/mol. The molecule has 0 heteroatoms. The van der Waals surface area contributed by atoms with Crippen LogP contribution in [-0.2, 0) is 0 Å². The Labute approximate surface area is 64.6 Å². The lowest BCUT2D eigenvalue weighted by atomic mass is 10.1. The number of allylic oxidation sites excluding steroid dienone is 3. The summed E-state index contributed by atoms with van der Waals surface area (Å²) < 4.78 is 0. The van der Waals surface area contributed by atoms with Gasteiger partial charge in [0.2, 0.25) is 0 Å². The first-order valence-corrected chi connectivity index (χ1v) is 4.10. The zero-order chi connectivity index (χ0) is 7.82. The third kappa shape index (κ3) is 4.37. The van der Waals surface area contributed by atoms with Crippen LogP contribution in [0.2, 0.25) is 0 Å². The van der Waals surface area contributed by atoms with Crippen LogP contribution >= 0.6 is 0 Å². The molecule has 10 heavy (non-hydrogen) atoms. The normalized spacial score (nSPS) is 11.6. The first kappa shape index (κ1) is 9.48. The van der Waals surface area contributed by atoms with Gasteiger partial charge in [-0.05, 0) is 32.6 Å². The van der Waals surface area contributed by atoms with Crippen molar-refractivity contribution in [3.8, 4) is 0 Å². The van der Waals surface area contributed by atoms with Gasteiger partial charge in [0.1, 0.15) is 0 Å². The van der Waals surface area contributed by atoms with Crippen LogP contribution in [0.25, 0.3) is 0 Å². The number of hydrogen-bond acceptors (Lipinski definition) is 0. The fourth-order valence-electron chi connectivity index (χ4n) is 0.999. The second-order valence-electron chi connectivity index (χ2n) is 2.48. The van der Waals surface area contributed by atoms with E-state index in [4.69, 9.17) is 0 Å². The van der Waals surface area contributed by atoms with E-state index in [0.717, 1.165) is 6.42 Å². The first-order valence-electron chi connectivity index (χ1n) is 4.10. The molecule has 0 aromatic carbocycles. The van der Waals surface area contributed by atoms with Crippen LogP contribution in [0.3, 0.4) is 0 Å². The third-order valence-corrected chi connectivity index (χ3v) is 1.77. The van der Waals surface area contributed by atoms with Crippen LogP contribution in [-0.4, -0.2) is 0 Å². The summed E-state index contributed by atoms with van der Waals surface area (Å²) in [6.45, 7) is 8.02. The Kier molecular flexibility index (Phi) is 6.25. The number of hydrogen-bond donors (Lipinski definition) is 0. The molecule has 0 aromatic heterocycles. The van der Waals surface area contributed by atoms with Crippen LogP contribution in [0.15, 0.2) is 24.3 Å². The van der Waals surface area contributed by atoms with Gasteiger partial charge in [-0.1, -0.05) is 24.6 Å². The highest BCUT2D eigenvalue weighted by Gasteiger charge is 1.90. The highest BCUT2D eigenvalue weighted by Crippen LogP contribution is 2.10. The molecule has 0 N–H and O–H groups in total. The van der Waals surface area contributed by atoms with Crippen molar-refractivity contribution in [1.82, 2.24) is 0 Å². The van der Waals surface area contributed by atoms with Crippen LogP contribution in [0.4, 0.5) is 0 Å².